The van der Waals surface area contributed by atoms with Crippen molar-refractivity contribution >= 4 is 21.7 Å². The number of rotatable bonds is 6. The van der Waals surface area contributed by atoms with Gasteiger partial charge in [-0.15, -0.1) is 0 Å². The van der Waals surface area contributed by atoms with E-state index in [2.05, 4.69) is 5.32 Å². The van der Waals surface area contributed by atoms with Crippen molar-refractivity contribution in [2.24, 2.45) is 0 Å². The topological polar surface area (TPSA) is 110 Å². The van der Waals surface area contributed by atoms with Crippen LogP contribution in [0.25, 0.3) is 0 Å². The predicted octanol–water partition coefficient (Wildman–Crippen LogP) is 0.692. The van der Waals surface area contributed by atoms with Crippen LogP contribution in [0, 0.1) is 0 Å². The summed E-state index contributed by atoms with van der Waals surface area (Å²) in [7, 11) is -2.63. The number of carboxylic acid groups (broad SMARTS) is 1. The molecule has 1 rings (SSSR count). The monoisotopic (exact) mass is 315 g/mol. The first-order chi connectivity index (χ1) is 9.67. The number of benzene rings is 1. The van der Waals surface area contributed by atoms with Crippen LogP contribution in [0.1, 0.15) is 24.2 Å². The van der Waals surface area contributed by atoms with Gasteiger partial charge in [0.1, 0.15) is 17.1 Å². The summed E-state index contributed by atoms with van der Waals surface area (Å²) >= 11 is 0. The molecule has 0 spiro atoms. The Bertz CT molecular complexity index is 651. The third kappa shape index (κ3) is 4.45. The first kappa shape index (κ1) is 17.0. The highest BCUT2D eigenvalue weighted by Crippen LogP contribution is 2.23. The van der Waals surface area contributed by atoms with Crippen LogP contribution in [0.3, 0.4) is 0 Å². The van der Waals surface area contributed by atoms with E-state index in [0.717, 1.165) is 6.07 Å². The molecule has 0 saturated heterocycles. The van der Waals surface area contributed by atoms with Crippen LogP contribution in [0.15, 0.2) is 23.1 Å². The minimum absolute atomic E-state index is 0.0491. The van der Waals surface area contributed by atoms with Crippen molar-refractivity contribution in [3.63, 3.8) is 0 Å². The van der Waals surface area contributed by atoms with Crippen LogP contribution < -0.4 is 10.1 Å². The minimum Gasteiger partial charge on any atom is -0.496 e. The Balaban J connectivity index is 3.12. The number of hydrogen-bond acceptors (Lipinski definition) is 5. The van der Waals surface area contributed by atoms with Crippen LogP contribution in [0.4, 0.5) is 0 Å². The van der Waals surface area contributed by atoms with Crippen molar-refractivity contribution in [1.82, 2.24) is 5.32 Å². The average molecular weight is 315 g/mol. The summed E-state index contributed by atoms with van der Waals surface area (Å²) in [5.41, 5.74) is -0.275. The van der Waals surface area contributed by atoms with Crippen LogP contribution in [-0.2, 0) is 14.6 Å². The molecule has 21 heavy (non-hydrogen) atoms. The average Bonchev–Trinajstić information content (AvgIpc) is 2.35. The second kappa shape index (κ2) is 6.57. The first-order valence-electron chi connectivity index (χ1n) is 6.11. The Morgan fingerprint density at radius 1 is 1.33 bits per heavy atom. The Labute approximate surface area is 122 Å². The van der Waals surface area contributed by atoms with Crippen molar-refractivity contribution in [3.05, 3.63) is 23.8 Å². The van der Waals surface area contributed by atoms with Crippen molar-refractivity contribution < 1.29 is 27.9 Å². The molecule has 1 amide bonds. The van der Waals surface area contributed by atoms with Crippen molar-refractivity contribution in [1.29, 1.82) is 0 Å². The lowest BCUT2D eigenvalue weighted by atomic mass is 10.2. The SMILES string of the molecule is COc1ccc(S(=O)(=O)CC(=O)NC(C)C)cc1C(=O)O. The summed E-state index contributed by atoms with van der Waals surface area (Å²) in [5, 5.41) is 11.5. The molecule has 0 saturated carbocycles. The van der Waals surface area contributed by atoms with E-state index in [1.54, 1.807) is 13.8 Å². The number of hydrogen-bond donors (Lipinski definition) is 2. The van der Waals surface area contributed by atoms with E-state index in [9.17, 15) is 18.0 Å². The van der Waals surface area contributed by atoms with Gasteiger partial charge in [0.25, 0.3) is 0 Å². The van der Waals surface area contributed by atoms with E-state index >= 15 is 0 Å². The molecule has 1 aromatic carbocycles. The first-order valence-corrected chi connectivity index (χ1v) is 7.76. The number of amides is 1. The fourth-order valence-corrected chi connectivity index (χ4v) is 2.84. The van der Waals surface area contributed by atoms with Gasteiger partial charge < -0.3 is 15.2 Å². The third-order valence-corrected chi connectivity index (χ3v) is 4.15. The molecule has 0 aliphatic carbocycles. The van der Waals surface area contributed by atoms with Crippen LogP contribution in [-0.4, -0.2) is 44.3 Å². The lowest BCUT2D eigenvalue weighted by molar-refractivity contribution is -0.119. The zero-order valence-corrected chi connectivity index (χ0v) is 12.7. The zero-order chi connectivity index (χ0) is 16.2. The molecule has 0 bridgehead atoms. The van der Waals surface area contributed by atoms with Crippen molar-refractivity contribution in [2.75, 3.05) is 12.9 Å². The smallest absolute Gasteiger partial charge is 0.339 e. The van der Waals surface area contributed by atoms with E-state index in [-0.39, 0.29) is 22.3 Å². The number of carbonyl (C=O) groups is 2. The molecule has 0 heterocycles. The lowest BCUT2D eigenvalue weighted by Gasteiger charge is -2.10. The highest BCUT2D eigenvalue weighted by molar-refractivity contribution is 7.92. The summed E-state index contributed by atoms with van der Waals surface area (Å²) in [6, 6.07) is 3.26. The number of methoxy groups -OCH3 is 1. The quantitative estimate of drug-likeness (QED) is 0.799. The van der Waals surface area contributed by atoms with Gasteiger partial charge in [0.2, 0.25) is 5.91 Å². The lowest BCUT2D eigenvalue weighted by Crippen LogP contribution is -2.35. The fourth-order valence-electron chi connectivity index (χ4n) is 1.67. The maximum absolute atomic E-state index is 12.1. The molecular weight excluding hydrogens is 298 g/mol. The largest absolute Gasteiger partial charge is 0.496 e. The number of nitrogens with one attached hydrogen (secondary N) is 1. The number of sulfone groups is 1. The molecule has 0 aliphatic rings. The molecule has 7 nitrogen and oxygen atoms in total. The number of ether oxygens (including phenoxy) is 1. The Morgan fingerprint density at radius 3 is 2.43 bits per heavy atom. The van der Waals surface area contributed by atoms with Crippen LogP contribution in [0.2, 0.25) is 0 Å². The zero-order valence-electron chi connectivity index (χ0n) is 11.9. The van der Waals surface area contributed by atoms with Gasteiger partial charge in [-0.25, -0.2) is 13.2 Å². The highest BCUT2D eigenvalue weighted by Gasteiger charge is 2.22. The minimum atomic E-state index is -3.92. The Kier molecular flexibility index (Phi) is 5.31. The summed E-state index contributed by atoms with van der Waals surface area (Å²) in [6.45, 7) is 3.42. The van der Waals surface area contributed by atoms with Gasteiger partial charge in [-0.2, -0.15) is 0 Å². The van der Waals surface area contributed by atoms with Gasteiger partial charge in [-0.1, -0.05) is 0 Å². The second-order valence-corrected chi connectivity index (χ2v) is 6.64. The van der Waals surface area contributed by atoms with E-state index in [1.807, 2.05) is 0 Å². The fraction of sp³-hybridized carbons (Fsp3) is 0.385. The summed E-state index contributed by atoms with van der Waals surface area (Å²) < 4.78 is 29.1. The number of aromatic carboxylic acids is 1. The van der Waals surface area contributed by atoms with Gasteiger partial charge >= 0.3 is 5.97 Å². The predicted molar refractivity (Wildman–Crippen MR) is 75.3 cm³/mol. The van der Waals surface area contributed by atoms with E-state index < -0.39 is 27.5 Å². The third-order valence-electron chi connectivity index (χ3n) is 2.53. The van der Waals surface area contributed by atoms with Crippen molar-refractivity contribution in [3.8, 4) is 5.75 Å². The molecule has 116 valence electrons. The summed E-state index contributed by atoms with van der Waals surface area (Å²) in [6.07, 6.45) is 0. The Morgan fingerprint density at radius 2 is 1.95 bits per heavy atom. The van der Waals surface area contributed by atoms with Gasteiger partial charge in [-0.3, -0.25) is 4.79 Å². The molecule has 8 heteroatoms. The molecule has 1 aromatic rings. The summed E-state index contributed by atoms with van der Waals surface area (Å²) in [4.78, 5) is 22.4. The molecule has 0 unspecified atom stereocenters. The molecule has 0 fully saturated rings. The van der Waals surface area contributed by atoms with E-state index in [1.165, 1.54) is 19.2 Å². The maximum Gasteiger partial charge on any atom is 0.339 e. The van der Waals surface area contributed by atoms with Crippen molar-refractivity contribution in [2.45, 2.75) is 24.8 Å². The molecular formula is C13H17NO6S. The van der Waals surface area contributed by atoms with E-state index in [4.69, 9.17) is 9.84 Å². The standard InChI is InChI=1S/C13H17NO6S/c1-8(2)14-12(15)7-21(18,19)9-4-5-11(20-3)10(6-9)13(16)17/h4-6,8H,7H2,1-3H3,(H,14,15)(H,16,17). The van der Waals surface area contributed by atoms with Gasteiger partial charge in [0, 0.05) is 6.04 Å². The number of carbonyl (C=O) groups excluding carboxylic acids is 1. The second-order valence-electron chi connectivity index (χ2n) is 4.65. The number of carboxylic acids is 1. The maximum atomic E-state index is 12.1. The van der Waals surface area contributed by atoms with Crippen LogP contribution >= 0.6 is 0 Å². The summed E-state index contributed by atoms with van der Waals surface area (Å²) in [5.74, 6) is -2.64. The molecule has 2 N–H and O–H groups in total. The Hall–Kier alpha value is -2.09. The van der Waals surface area contributed by atoms with Gasteiger partial charge in [0.05, 0.1) is 12.0 Å². The molecule has 0 radical (unpaired) electrons. The van der Waals surface area contributed by atoms with Gasteiger partial charge in [-0.05, 0) is 32.0 Å². The van der Waals surface area contributed by atoms with Gasteiger partial charge in [0.15, 0.2) is 9.84 Å². The van der Waals surface area contributed by atoms with Crippen LogP contribution in [0.5, 0.6) is 5.75 Å². The van der Waals surface area contributed by atoms with E-state index in [0.29, 0.717) is 0 Å². The molecule has 0 aliphatic heterocycles. The molecule has 0 aromatic heterocycles. The highest BCUT2D eigenvalue weighted by atomic mass is 32.2. The molecule has 0 atom stereocenters. The normalized spacial score (nSPS) is 11.2.